The molecule has 4 aromatic rings. The monoisotopic (exact) mass is 441 g/mol. The summed E-state index contributed by atoms with van der Waals surface area (Å²) in [5.41, 5.74) is 2.73. The van der Waals surface area contributed by atoms with Crippen molar-refractivity contribution in [1.82, 2.24) is 19.2 Å². The van der Waals surface area contributed by atoms with Gasteiger partial charge in [0.15, 0.2) is 5.16 Å². The highest BCUT2D eigenvalue weighted by molar-refractivity contribution is 7.99. The molecule has 1 amide bonds. The van der Waals surface area contributed by atoms with Crippen molar-refractivity contribution < 1.29 is 4.79 Å². The fourth-order valence-electron chi connectivity index (χ4n) is 3.31. The summed E-state index contributed by atoms with van der Waals surface area (Å²) >= 11 is 2.74. The Hall–Kier alpha value is -2.65. The molecule has 9 heteroatoms. The second-order valence-corrected chi connectivity index (χ2v) is 8.81. The zero-order valence-electron chi connectivity index (χ0n) is 16.9. The lowest BCUT2D eigenvalue weighted by Gasteiger charge is -2.09. The lowest BCUT2D eigenvalue weighted by atomic mass is 10.1. The molecule has 0 radical (unpaired) electrons. The average molecular weight is 442 g/mol. The highest BCUT2D eigenvalue weighted by Gasteiger charge is 2.18. The van der Waals surface area contributed by atoms with Gasteiger partial charge in [0.1, 0.15) is 4.70 Å². The van der Waals surface area contributed by atoms with Crippen LogP contribution < -0.4 is 10.9 Å². The van der Waals surface area contributed by atoms with Gasteiger partial charge in [-0.1, -0.05) is 44.2 Å². The Labute approximate surface area is 182 Å². The van der Waals surface area contributed by atoms with Crippen molar-refractivity contribution in [2.45, 2.75) is 44.8 Å². The maximum absolute atomic E-state index is 12.9. The molecule has 0 aliphatic heterocycles. The molecule has 4 rings (SSSR count). The Kier molecular flexibility index (Phi) is 6.19. The van der Waals surface area contributed by atoms with Gasteiger partial charge in [0.05, 0.1) is 11.3 Å². The van der Waals surface area contributed by atoms with E-state index in [1.165, 1.54) is 28.7 Å². The van der Waals surface area contributed by atoms with E-state index in [1.807, 2.05) is 40.1 Å². The molecule has 0 atom stereocenters. The van der Waals surface area contributed by atoms with Gasteiger partial charge in [-0.15, -0.1) is 21.5 Å². The van der Waals surface area contributed by atoms with Gasteiger partial charge in [-0.25, -0.2) is 0 Å². The van der Waals surface area contributed by atoms with E-state index in [1.54, 1.807) is 4.57 Å². The van der Waals surface area contributed by atoms with Crippen molar-refractivity contribution >= 4 is 50.7 Å². The van der Waals surface area contributed by atoms with Crippen LogP contribution in [0.2, 0.25) is 0 Å². The molecule has 1 aromatic carbocycles. The van der Waals surface area contributed by atoms with Gasteiger partial charge in [0.25, 0.3) is 5.56 Å². The third-order valence-corrected chi connectivity index (χ3v) is 6.69. The highest BCUT2D eigenvalue weighted by Crippen LogP contribution is 2.24. The van der Waals surface area contributed by atoms with E-state index < -0.39 is 0 Å². The SMILES string of the molecule is CCCCn1c(=O)c2sccc2n2c(SCC(=O)Nc3cccc(CC)c3)nnc12. The summed E-state index contributed by atoms with van der Waals surface area (Å²) in [5.74, 6) is 0.625. The molecule has 0 saturated heterocycles. The van der Waals surface area contributed by atoms with E-state index in [0.29, 0.717) is 22.2 Å². The van der Waals surface area contributed by atoms with Crippen LogP contribution in [0.1, 0.15) is 32.3 Å². The Morgan fingerprint density at radius 2 is 2.10 bits per heavy atom. The number of aryl methyl sites for hydroxylation is 2. The second kappa shape index (κ2) is 9.01. The Bertz CT molecular complexity index is 1260. The van der Waals surface area contributed by atoms with Gasteiger partial charge in [0, 0.05) is 12.2 Å². The predicted molar refractivity (Wildman–Crippen MR) is 123 cm³/mol. The molecule has 156 valence electrons. The second-order valence-electron chi connectivity index (χ2n) is 6.95. The van der Waals surface area contributed by atoms with E-state index in [-0.39, 0.29) is 17.2 Å². The lowest BCUT2D eigenvalue weighted by Crippen LogP contribution is -2.22. The first-order chi connectivity index (χ1) is 14.6. The van der Waals surface area contributed by atoms with Crippen molar-refractivity contribution in [2.24, 2.45) is 0 Å². The number of hydrogen-bond donors (Lipinski definition) is 1. The van der Waals surface area contributed by atoms with Crippen LogP contribution >= 0.6 is 23.1 Å². The number of thioether (sulfide) groups is 1. The number of nitrogens with zero attached hydrogens (tertiary/aromatic N) is 4. The summed E-state index contributed by atoms with van der Waals surface area (Å²) in [6.07, 6.45) is 2.79. The van der Waals surface area contributed by atoms with Crippen LogP contribution in [0.4, 0.5) is 5.69 Å². The maximum Gasteiger partial charge on any atom is 0.272 e. The molecule has 0 spiro atoms. The van der Waals surface area contributed by atoms with Gasteiger partial charge in [-0.3, -0.25) is 18.6 Å². The number of carbonyl (C=O) groups excluding carboxylic acids is 1. The van der Waals surface area contributed by atoms with Crippen molar-refractivity contribution in [1.29, 1.82) is 0 Å². The largest absolute Gasteiger partial charge is 0.325 e. The number of aromatic nitrogens is 4. The van der Waals surface area contributed by atoms with Crippen molar-refractivity contribution in [3.63, 3.8) is 0 Å². The number of fused-ring (bicyclic) bond motifs is 3. The minimum atomic E-state index is -0.106. The van der Waals surface area contributed by atoms with E-state index >= 15 is 0 Å². The Balaban J connectivity index is 1.59. The fourth-order valence-corrected chi connectivity index (χ4v) is 4.87. The van der Waals surface area contributed by atoms with Crippen molar-refractivity contribution in [3.8, 4) is 0 Å². The minimum absolute atomic E-state index is 0.0292. The number of unbranched alkanes of at least 4 members (excludes halogenated alkanes) is 1. The number of rotatable bonds is 8. The van der Waals surface area contributed by atoms with Crippen LogP contribution in [0, 0.1) is 0 Å². The number of thiophene rings is 1. The normalized spacial score (nSPS) is 11.4. The Morgan fingerprint density at radius 3 is 2.90 bits per heavy atom. The van der Waals surface area contributed by atoms with E-state index in [4.69, 9.17) is 0 Å². The molecule has 30 heavy (non-hydrogen) atoms. The summed E-state index contributed by atoms with van der Waals surface area (Å²) in [4.78, 5) is 25.3. The van der Waals surface area contributed by atoms with Crippen LogP contribution in [0.25, 0.3) is 16.0 Å². The van der Waals surface area contributed by atoms with Gasteiger partial charge in [0.2, 0.25) is 11.7 Å². The number of anilines is 1. The third kappa shape index (κ3) is 3.99. The maximum atomic E-state index is 12.9. The summed E-state index contributed by atoms with van der Waals surface area (Å²) in [6.45, 7) is 4.77. The topological polar surface area (TPSA) is 81.3 Å². The summed E-state index contributed by atoms with van der Waals surface area (Å²) in [7, 11) is 0. The first kappa shape index (κ1) is 20.6. The number of carbonyl (C=O) groups is 1. The number of nitrogens with one attached hydrogen (secondary N) is 1. The van der Waals surface area contributed by atoms with E-state index in [0.717, 1.165) is 30.5 Å². The Morgan fingerprint density at radius 1 is 1.23 bits per heavy atom. The standard InChI is InChI=1S/C21H23N5O2S2/c1-3-5-10-25-19(28)18-16(9-11-29-18)26-20(25)23-24-21(26)30-13-17(27)22-15-8-6-7-14(4-2)12-15/h6-9,11-12H,3-5,10,13H2,1-2H3,(H,22,27). The summed E-state index contributed by atoms with van der Waals surface area (Å²) in [6, 6.07) is 9.75. The fraction of sp³-hybridized carbons (Fsp3) is 0.333. The number of hydrogen-bond acceptors (Lipinski definition) is 6. The van der Waals surface area contributed by atoms with Gasteiger partial charge >= 0.3 is 0 Å². The summed E-state index contributed by atoms with van der Waals surface area (Å²) in [5, 5.41) is 14.0. The van der Waals surface area contributed by atoms with Crippen LogP contribution in [0.3, 0.4) is 0 Å². The van der Waals surface area contributed by atoms with Crippen LogP contribution in [-0.4, -0.2) is 30.8 Å². The van der Waals surface area contributed by atoms with Crippen LogP contribution in [-0.2, 0) is 17.8 Å². The molecule has 0 aliphatic rings. The van der Waals surface area contributed by atoms with E-state index in [9.17, 15) is 9.59 Å². The van der Waals surface area contributed by atoms with Crippen molar-refractivity contribution in [3.05, 3.63) is 51.6 Å². The molecule has 0 aliphatic carbocycles. The zero-order valence-corrected chi connectivity index (χ0v) is 18.6. The van der Waals surface area contributed by atoms with Gasteiger partial charge in [-0.05, 0) is 42.0 Å². The van der Waals surface area contributed by atoms with Crippen LogP contribution in [0.15, 0.2) is 45.7 Å². The first-order valence-electron chi connectivity index (χ1n) is 9.99. The molecule has 3 aromatic heterocycles. The highest BCUT2D eigenvalue weighted by atomic mass is 32.2. The van der Waals surface area contributed by atoms with Crippen LogP contribution in [0.5, 0.6) is 0 Å². The molecule has 0 saturated carbocycles. The number of amides is 1. The summed E-state index contributed by atoms with van der Waals surface area (Å²) < 4.78 is 4.26. The van der Waals surface area contributed by atoms with Crippen molar-refractivity contribution in [2.75, 3.05) is 11.1 Å². The molecule has 3 heterocycles. The molecule has 1 N–H and O–H groups in total. The molecule has 7 nitrogen and oxygen atoms in total. The molecular weight excluding hydrogens is 418 g/mol. The smallest absolute Gasteiger partial charge is 0.272 e. The zero-order chi connectivity index (χ0) is 21.1. The quantitative estimate of drug-likeness (QED) is 0.415. The third-order valence-electron chi connectivity index (χ3n) is 4.87. The minimum Gasteiger partial charge on any atom is -0.325 e. The lowest BCUT2D eigenvalue weighted by molar-refractivity contribution is -0.113. The van der Waals surface area contributed by atoms with E-state index in [2.05, 4.69) is 29.4 Å². The molecule has 0 fully saturated rings. The first-order valence-corrected chi connectivity index (χ1v) is 11.9. The molecule has 0 unspecified atom stereocenters. The predicted octanol–water partition coefficient (Wildman–Crippen LogP) is 4.20. The van der Waals surface area contributed by atoms with Gasteiger partial charge < -0.3 is 5.32 Å². The molecule has 0 bridgehead atoms. The average Bonchev–Trinajstić information content (AvgIpc) is 3.39. The van der Waals surface area contributed by atoms with Gasteiger partial charge in [-0.2, -0.15) is 0 Å². The molecular formula is C21H23N5O2S2. The number of benzene rings is 1.